The zero-order chi connectivity index (χ0) is 22.2. The van der Waals surface area contributed by atoms with Crippen LogP contribution in [0.3, 0.4) is 0 Å². The van der Waals surface area contributed by atoms with Crippen molar-refractivity contribution in [1.82, 2.24) is 4.90 Å². The van der Waals surface area contributed by atoms with Crippen LogP contribution >= 0.6 is 11.8 Å². The predicted molar refractivity (Wildman–Crippen MR) is 130 cm³/mol. The van der Waals surface area contributed by atoms with Crippen molar-refractivity contribution in [3.8, 4) is 5.75 Å². The Morgan fingerprint density at radius 1 is 1.13 bits per heavy atom. The smallest absolute Gasteiger partial charge is 0.242 e. The number of ether oxygens (including phenoxy) is 1. The first kappa shape index (κ1) is 22.9. The SMILES string of the molecule is CCCCC1SC(=NN=Cc2ccc(N(C)C)cc2)N(Cc2ccc(OC)cc2)C1=O. The van der Waals surface area contributed by atoms with Crippen LogP contribution in [0.2, 0.25) is 0 Å². The molecule has 6 nitrogen and oxygen atoms in total. The van der Waals surface area contributed by atoms with E-state index in [4.69, 9.17) is 4.74 Å². The first-order valence-electron chi connectivity index (χ1n) is 10.5. The van der Waals surface area contributed by atoms with Gasteiger partial charge in [0.2, 0.25) is 5.91 Å². The predicted octanol–water partition coefficient (Wildman–Crippen LogP) is 4.79. The number of methoxy groups -OCH3 is 1. The number of nitrogens with zero attached hydrogens (tertiary/aromatic N) is 4. The summed E-state index contributed by atoms with van der Waals surface area (Å²) in [6, 6.07) is 15.9. The molecular formula is C24H30N4O2S. The van der Waals surface area contributed by atoms with Gasteiger partial charge in [-0.15, -0.1) is 5.10 Å². The third-order valence-electron chi connectivity index (χ3n) is 5.10. The molecular weight excluding hydrogens is 408 g/mol. The Labute approximate surface area is 189 Å². The molecule has 1 aliphatic rings. The van der Waals surface area contributed by atoms with E-state index in [0.717, 1.165) is 41.8 Å². The van der Waals surface area contributed by atoms with Crippen LogP contribution in [0, 0.1) is 0 Å². The van der Waals surface area contributed by atoms with Crippen LogP contribution in [0.1, 0.15) is 37.3 Å². The van der Waals surface area contributed by atoms with Crippen molar-refractivity contribution in [3.63, 3.8) is 0 Å². The highest BCUT2D eigenvalue weighted by atomic mass is 32.2. The minimum Gasteiger partial charge on any atom is -0.497 e. The largest absolute Gasteiger partial charge is 0.497 e. The van der Waals surface area contributed by atoms with Gasteiger partial charge in [0.1, 0.15) is 5.75 Å². The lowest BCUT2D eigenvalue weighted by atomic mass is 10.1. The molecule has 0 N–H and O–H groups in total. The normalized spacial score (nSPS) is 17.7. The first-order chi connectivity index (χ1) is 15.0. The second-order valence-electron chi connectivity index (χ2n) is 7.63. The molecule has 1 aliphatic heterocycles. The number of thioether (sulfide) groups is 1. The highest BCUT2D eigenvalue weighted by molar-refractivity contribution is 8.15. The van der Waals surface area contributed by atoms with Crippen molar-refractivity contribution in [2.45, 2.75) is 38.0 Å². The van der Waals surface area contributed by atoms with Gasteiger partial charge in [-0.25, -0.2) is 0 Å². The number of carbonyl (C=O) groups excluding carboxylic acids is 1. The number of amides is 1. The van der Waals surface area contributed by atoms with Crippen molar-refractivity contribution in [1.29, 1.82) is 0 Å². The van der Waals surface area contributed by atoms with Gasteiger partial charge < -0.3 is 9.64 Å². The fourth-order valence-electron chi connectivity index (χ4n) is 3.22. The summed E-state index contributed by atoms with van der Waals surface area (Å²) in [5, 5.41) is 9.26. The Morgan fingerprint density at radius 3 is 2.45 bits per heavy atom. The van der Waals surface area contributed by atoms with E-state index in [0.29, 0.717) is 11.7 Å². The molecule has 1 heterocycles. The lowest BCUT2D eigenvalue weighted by Gasteiger charge is -2.16. The lowest BCUT2D eigenvalue weighted by molar-refractivity contribution is -0.126. The van der Waals surface area contributed by atoms with Gasteiger partial charge in [-0.2, -0.15) is 5.10 Å². The highest BCUT2D eigenvalue weighted by Crippen LogP contribution is 2.32. The molecule has 0 bridgehead atoms. The molecule has 0 radical (unpaired) electrons. The minimum atomic E-state index is -0.0912. The number of anilines is 1. The average Bonchev–Trinajstić information content (AvgIpc) is 3.07. The molecule has 31 heavy (non-hydrogen) atoms. The molecule has 0 aliphatic carbocycles. The van der Waals surface area contributed by atoms with Crippen LogP contribution in [-0.4, -0.2) is 48.6 Å². The molecule has 2 aromatic rings. The first-order valence-corrected chi connectivity index (χ1v) is 11.4. The van der Waals surface area contributed by atoms with E-state index in [1.807, 2.05) is 62.6 Å². The minimum absolute atomic E-state index is 0.0912. The number of unbranched alkanes of at least 4 members (excludes halogenated alkanes) is 1. The summed E-state index contributed by atoms with van der Waals surface area (Å²) in [5.74, 6) is 0.907. The van der Waals surface area contributed by atoms with Gasteiger partial charge in [0.25, 0.3) is 0 Å². The van der Waals surface area contributed by atoms with Gasteiger partial charge in [-0.1, -0.05) is 55.8 Å². The molecule has 1 saturated heterocycles. The van der Waals surface area contributed by atoms with Gasteiger partial charge in [0, 0.05) is 19.8 Å². The van der Waals surface area contributed by atoms with E-state index in [1.165, 1.54) is 11.8 Å². The Balaban J connectivity index is 1.76. The molecule has 1 fully saturated rings. The van der Waals surface area contributed by atoms with Crippen molar-refractivity contribution < 1.29 is 9.53 Å². The van der Waals surface area contributed by atoms with Crippen LogP contribution in [0.25, 0.3) is 0 Å². The maximum atomic E-state index is 13.0. The van der Waals surface area contributed by atoms with Gasteiger partial charge in [-0.05, 0) is 41.8 Å². The zero-order valence-corrected chi connectivity index (χ0v) is 19.4. The summed E-state index contributed by atoms with van der Waals surface area (Å²) in [6.07, 6.45) is 4.67. The van der Waals surface area contributed by atoms with E-state index in [9.17, 15) is 4.79 Å². The van der Waals surface area contributed by atoms with Crippen LogP contribution in [0.15, 0.2) is 58.7 Å². The van der Waals surface area contributed by atoms with Gasteiger partial charge in [0.15, 0.2) is 5.17 Å². The molecule has 1 unspecified atom stereocenters. The van der Waals surface area contributed by atoms with E-state index >= 15 is 0 Å². The lowest BCUT2D eigenvalue weighted by Crippen LogP contribution is -2.31. The summed E-state index contributed by atoms with van der Waals surface area (Å²) in [5.41, 5.74) is 3.13. The van der Waals surface area contributed by atoms with Crippen LogP contribution in [0.4, 0.5) is 5.69 Å². The van der Waals surface area contributed by atoms with Gasteiger partial charge in [0.05, 0.1) is 25.1 Å². The molecule has 3 rings (SSSR count). The van der Waals surface area contributed by atoms with Crippen LogP contribution in [0.5, 0.6) is 5.75 Å². The van der Waals surface area contributed by atoms with Crippen LogP contribution in [-0.2, 0) is 11.3 Å². The second kappa shape index (κ2) is 11.0. The average molecular weight is 439 g/mol. The maximum absolute atomic E-state index is 13.0. The standard InChI is InChI=1S/C24H30N4O2S/c1-5-6-7-22-23(29)28(17-19-10-14-21(30-4)15-11-19)24(31-22)26-25-16-18-8-12-20(13-9-18)27(2)3/h8-16,22H,5-7,17H2,1-4H3. The fraction of sp³-hybridized carbons (Fsp3) is 0.375. The zero-order valence-electron chi connectivity index (χ0n) is 18.6. The molecule has 164 valence electrons. The molecule has 1 atom stereocenters. The molecule has 7 heteroatoms. The number of hydrogen-bond acceptors (Lipinski definition) is 6. The Kier molecular flexibility index (Phi) is 8.12. The van der Waals surface area contributed by atoms with E-state index in [2.05, 4.69) is 22.0 Å². The topological polar surface area (TPSA) is 57.5 Å². The van der Waals surface area contributed by atoms with Crippen molar-refractivity contribution in [3.05, 3.63) is 59.7 Å². The van der Waals surface area contributed by atoms with Gasteiger partial charge >= 0.3 is 0 Å². The molecule has 0 aromatic heterocycles. The van der Waals surface area contributed by atoms with Crippen LogP contribution < -0.4 is 9.64 Å². The van der Waals surface area contributed by atoms with Crippen molar-refractivity contribution >= 4 is 34.7 Å². The molecule has 0 spiro atoms. The molecule has 2 aromatic carbocycles. The number of amidine groups is 1. The third kappa shape index (κ3) is 6.10. The Hall–Kier alpha value is -2.80. The van der Waals surface area contributed by atoms with E-state index in [1.54, 1.807) is 18.2 Å². The number of hydrogen-bond donors (Lipinski definition) is 0. The Bertz CT molecular complexity index is 924. The summed E-state index contributed by atoms with van der Waals surface area (Å²) in [7, 11) is 5.66. The third-order valence-corrected chi connectivity index (χ3v) is 6.33. The Morgan fingerprint density at radius 2 is 1.84 bits per heavy atom. The summed E-state index contributed by atoms with van der Waals surface area (Å²) in [4.78, 5) is 16.8. The second-order valence-corrected chi connectivity index (χ2v) is 8.80. The summed E-state index contributed by atoms with van der Waals surface area (Å²) < 4.78 is 5.23. The van der Waals surface area contributed by atoms with Crippen molar-refractivity contribution in [2.75, 3.05) is 26.1 Å². The van der Waals surface area contributed by atoms with E-state index < -0.39 is 0 Å². The van der Waals surface area contributed by atoms with Crippen molar-refractivity contribution in [2.24, 2.45) is 10.2 Å². The number of carbonyl (C=O) groups is 1. The maximum Gasteiger partial charge on any atom is 0.242 e. The van der Waals surface area contributed by atoms with Gasteiger partial charge in [-0.3, -0.25) is 9.69 Å². The highest BCUT2D eigenvalue weighted by Gasteiger charge is 2.37. The number of rotatable bonds is 9. The molecule has 1 amide bonds. The summed E-state index contributed by atoms with van der Waals surface area (Å²) in [6.45, 7) is 2.62. The van der Waals surface area contributed by atoms with E-state index in [-0.39, 0.29) is 11.2 Å². The fourth-order valence-corrected chi connectivity index (χ4v) is 4.36. The summed E-state index contributed by atoms with van der Waals surface area (Å²) >= 11 is 1.52. The monoisotopic (exact) mass is 438 g/mol. The quantitative estimate of drug-likeness (QED) is 0.417. The number of benzene rings is 2. The molecule has 0 saturated carbocycles.